The van der Waals surface area contributed by atoms with Crippen LogP contribution in [0.4, 0.5) is 11.4 Å². The average molecular weight is 364 g/mol. The van der Waals surface area contributed by atoms with E-state index >= 15 is 0 Å². The summed E-state index contributed by atoms with van der Waals surface area (Å²) >= 11 is 0. The second-order valence-electron chi connectivity index (χ2n) is 5.88. The summed E-state index contributed by atoms with van der Waals surface area (Å²) < 4.78 is 34.9. The van der Waals surface area contributed by atoms with Crippen molar-refractivity contribution in [1.82, 2.24) is 0 Å². The molecule has 26 heavy (non-hydrogen) atoms. The molecule has 0 unspecified atom stereocenters. The molecule has 0 aliphatic carbocycles. The molecular formula is C20H16N2O3S. The first kappa shape index (κ1) is 16.4. The maximum absolute atomic E-state index is 12.1. The fourth-order valence-corrected chi connectivity index (χ4v) is 3.68. The van der Waals surface area contributed by atoms with Crippen molar-refractivity contribution in [3.05, 3.63) is 84.9 Å². The Kier molecular flexibility index (Phi) is 3.99. The minimum atomic E-state index is -4.55. The topological polar surface area (TPSA) is 69.6 Å². The average Bonchev–Trinajstić information content (AvgIpc) is 2.65. The molecule has 4 aromatic rings. The zero-order valence-corrected chi connectivity index (χ0v) is 14.5. The lowest BCUT2D eigenvalue weighted by atomic mass is 10.1. The van der Waals surface area contributed by atoms with Crippen molar-refractivity contribution in [3.8, 4) is 0 Å². The summed E-state index contributed by atoms with van der Waals surface area (Å²) in [7, 11) is -4.55. The molecule has 0 spiro atoms. The van der Waals surface area contributed by atoms with E-state index in [2.05, 4.69) is 5.43 Å². The normalized spacial score (nSPS) is 11.6. The van der Waals surface area contributed by atoms with Gasteiger partial charge in [0.25, 0.3) is 0 Å². The molecule has 0 aliphatic heterocycles. The molecule has 0 fully saturated rings. The zero-order chi connectivity index (χ0) is 18.1. The summed E-state index contributed by atoms with van der Waals surface area (Å²) in [6.07, 6.45) is 0. The van der Waals surface area contributed by atoms with Crippen molar-refractivity contribution < 1.29 is 13.0 Å². The SMILES string of the molecule is O=S(=O)(O)N(Nc1cccc2ccccc12)c1cccc2ccccc12. The predicted molar refractivity (Wildman–Crippen MR) is 106 cm³/mol. The first-order chi connectivity index (χ1) is 12.5. The third-order valence-electron chi connectivity index (χ3n) is 4.23. The van der Waals surface area contributed by atoms with Gasteiger partial charge in [0, 0.05) is 10.8 Å². The lowest BCUT2D eigenvalue weighted by Gasteiger charge is -2.24. The van der Waals surface area contributed by atoms with Crippen LogP contribution in [0.25, 0.3) is 21.5 Å². The van der Waals surface area contributed by atoms with Crippen LogP contribution in [0.15, 0.2) is 84.9 Å². The van der Waals surface area contributed by atoms with Crippen molar-refractivity contribution >= 4 is 43.2 Å². The summed E-state index contributed by atoms with van der Waals surface area (Å²) in [5.74, 6) is 0. The van der Waals surface area contributed by atoms with Crippen molar-refractivity contribution in [1.29, 1.82) is 0 Å². The molecule has 5 nitrogen and oxygen atoms in total. The number of hydrazine groups is 1. The Morgan fingerprint density at radius 3 is 1.92 bits per heavy atom. The van der Waals surface area contributed by atoms with E-state index in [9.17, 15) is 13.0 Å². The molecule has 0 saturated heterocycles. The summed E-state index contributed by atoms with van der Waals surface area (Å²) in [4.78, 5) is 0. The summed E-state index contributed by atoms with van der Waals surface area (Å²) in [6.45, 7) is 0. The highest BCUT2D eigenvalue weighted by Crippen LogP contribution is 2.30. The van der Waals surface area contributed by atoms with Crippen LogP contribution >= 0.6 is 0 Å². The van der Waals surface area contributed by atoms with Crippen molar-refractivity contribution in [2.45, 2.75) is 0 Å². The predicted octanol–water partition coefficient (Wildman–Crippen LogP) is 4.63. The minimum absolute atomic E-state index is 0.346. The fraction of sp³-hybridized carbons (Fsp3) is 0. The van der Waals surface area contributed by atoms with Crippen LogP contribution in [0.3, 0.4) is 0 Å². The Balaban J connectivity index is 1.89. The van der Waals surface area contributed by atoms with Gasteiger partial charge in [-0.25, -0.2) is 0 Å². The molecule has 0 amide bonds. The smallest absolute Gasteiger partial charge is 0.282 e. The number of hydrogen-bond acceptors (Lipinski definition) is 3. The van der Waals surface area contributed by atoms with E-state index in [4.69, 9.17) is 0 Å². The van der Waals surface area contributed by atoms with E-state index in [1.165, 1.54) is 0 Å². The third-order valence-corrected chi connectivity index (χ3v) is 4.98. The Hall–Kier alpha value is -3.09. The van der Waals surface area contributed by atoms with Gasteiger partial charge in [-0.2, -0.15) is 12.8 Å². The van der Waals surface area contributed by atoms with Gasteiger partial charge < -0.3 is 0 Å². The fourth-order valence-electron chi connectivity index (χ4n) is 3.06. The molecule has 0 aliphatic rings. The maximum atomic E-state index is 12.1. The summed E-state index contributed by atoms with van der Waals surface area (Å²) in [6, 6.07) is 25.9. The van der Waals surface area contributed by atoms with Crippen LogP contribution in [-0.2, 0) is 10.3 Å². The van der Waals surface area contributed by atoms with Gasteiger partial charge in [-0.3, -0.25) is 9.98 Å². The molecule has 0 saturated carbocycles. The molecule has 0 heterocycles. The Morgan fingerprint density at radius 2 is 1.23 bits per heavy atom. The monoisotopic (exact) mass is 364 g/mol. The number of nitrogens with zero attached hydrogens (tertiary/aromatic N) is 1. The lowest BCUT2D eigenvalue weighted by molar-refractivity contribution is 0.481. The summed E-state index contributed by atoms with van der Waals surface area (Å²) in [5, 5.41) is 3.40. The molecular weight excluding hydrogens is 348 g/mol. The zero-order valence-electron chi connectivity index (χ0n) is 13.7. The van der Waals surface area contributed by atoms with Crippen molar-refractivity contribution in [2.75, 3.05) is 9.84 Å². The number of anilines is 2. The standard InChI is InChI=1S/C20H16N2O3S/c23-26(24,25)22(20-14-6-10-16-8-2-4-12-18(16)20)21-19-13-5-9-15-7-1-3-11-17(15)19/h1-14,21H,(H,23,24,25). The second kappa shape index (κ2) is 6.33. The van der Waals surface area contributed by atoms with Crippen molar-refractivity contribution in [2.24, 2.45) is 0 Å². The van der Waals surface area contributed by atoms with Crippen LogP contribution in [0.5, 0.6) is 0 Å². The molecule has 0 atom stereocenters. The van der Waals surface area contributed by atoms with Crippen LogP contribution in [-0.4, -0.2) is 13.0 Å². The highest BCUT2D eigenvalue weighted by molar-refractivity contribution is 7.87. The molecule has 4 aromatic carbocycles. The number of hydrogen-bond donors (Lipinski definition) is 2. The van der Waals surface area contributed by atoms with E-state index < -0.39 is 10.3 Å². The largest absolute Gasteiger partial charge is 0.377 e. The van der Waals surface area contributed by atoms with Crippen LogP contribution < -0.4 is 9.84 Å². The van der Waals surface area contributed by atoms with Gasteiger partial charge >= 0.3 is 10.3 Å². The Labute approximate surface area is 151 Å². The Bertz CT molecular complexity index is 1200. The third kappa shape index (κ3) is 2.96. The van der Waals surface area contributed by atoms with E-state index in [-0.39, 0.29) is 0 Å². The highest BCUT2D eigenvalue weighted by Gasteiger charge is 2.22. The maximum Gasteiger partial charge on any atom is 0.377 e. The van der Waals surface area contributed by atoms with Crippen LogP contribution in [0, 0.1) is 0 Å². The molecule has 2 N–H and O–H groups in total. The molecule has 0 bridgehead atoms. The van der Waals surface area contributed by atoms with Crippen molar-refractivity contribution in [3.63, 3.8) is 0 Å². The quantitative estimate of drug-likeness (QED) is 0.409. The Morgan fingerprint density at radius 1 is 0.692 bits per heavy atom. The van der Waals surface area contributed by atoms with E-state index in [1.54, 1.807) is 18.2 Å². The molecule has 130 valence electrons. The second-order valence-corrected chi connectivity index (χ2v) is 7.14. The summed E-state index contributed by atoms with van der Waals surface area (Å²) in [5.41, 5.74) is 3.79. The van der Waals surface area contributed by atoms with Gasteiger partial charge in [-0.05, 0) is 22.9 Å². The van der Waals surface area contributed by atoms with E-state index in [0.29, 0.717) is 16.8 Å². The highest BCUT2D eigenvalue weighted by atomic mass is 32.2. The van der Waals surface area contributed by atoms with Gasteiger partial charge in [0.2, 0.25) is 0 Å². The minimum Gasteiger partial charge on any atom is -0.282 e. The van der Waals surface area contributed by atoms with Gasteiger partial charge in [-0.1, -0.05) is 72.8 Å². The molecule has 6 heteroatoms. The number of fused-ring (bicyclic) bond motifs is 2. The number of benzene rings is 4. The molecule has 0 aromatic heterocycles. The molecule has 0 radical (unpaired) electrons. The number of nitrogens with one attached hydrogen (secondary N) is 1. The van der Waals surface area contributed by atoms with Gasteiger partial charge in [0.05, 0.1) is 11.4 Å². The first-order valence-corrected chi connectivity index (χ1v) is 9.44. The van der Waals surface area contributed by atoms with Crippen LogP contribution in [0.1, 0.15) is 0 Å². The van der Waals surface area contributed by atoms with Crippen LogP contribution in [0.2, 0.25) is 0 Å². The van der Waals surface area contributed by atoms with E-state index in [1.807, 2.05) is 66.7 Å². The first-order valence-electron chi connectivity index (χ1n) is 8.04. The molecule has 4 rings (SSSR count). The lowest BCUT2D eigenvalue weighted by Crippen LogP contribution is -2.36. The van der Waals surface area contributed by atoms with Gasteiger partial charge in [0.1, 0.15) is 0 Å². The van der Waals surface area contributed by atoms with Gasteiger partial charge in [-0.15, -0.1) is 0 Å². The van der Waals surface area contributed by atoms with Gasteiger partial charge in [0.15, 0.2) is 0 Å². The number of rotatable bonds is 4. The van der Waals surface area contributed by atoms with E-state index in [0.717, 1.165) is 20.6 Å².